The van der Waals surface area contributed by atoms with Crippen molar-refractivity contribution in [3.63, 3.8) is 0 Å². The van der Waals surface area contributed by atoms with Gasteiger partial charge < -0.3 is 9.64 Å². The number of nitrogens with zero attached hydrogens (tertiary/aromatic N) is 3. The molecule has 3 rings (SSSR count). The van der Waals surface area contributed by atoms with E-state index in [0.29, 0.717) is 24.2 Å². The van der Waals surface area contributed by atoms with Crippen LogP contribution in [0.25, 0.3) is 0 Å². The van der Waals surface area contributed by atoms with E-state index >= 15 is 0 Å². The summed E-state index contributed by atoms with van der Waals surface area (Å²) in [6.07, 6.45) is 2.76. The van der Waals surface area contributed by atoms with Gasteiger partial charge >= 0.3 is 0 Å². The van der Waals surface area contributed by atoms with Gasteiger partial charge in [-0.25, -0.2) is 0 Å². The van der Waals surface area contributed by atoms with Gasteiger partial charge in [0.25, 0.3) is 0 Å². The first-order valence-corrected chi connectivity index (χ1v) is 9.36. The molecule has 2 bridgehead atoms. The van der Waals surface area contributed by atoms with Gasteiger partial charge in [-0.1, -0.05) is 0 Å². The zero-order valence-corrected chi connectivity index (χ0v) is 15.0. The minimum Gasteiger partial charge on any atom is -0.378 e. The zero-order valence-electron chi connectivity index (χ0n) is 15.0. The summed E-state index contributed by atoms with van der Waals surface area (Å²) in [5.74, 6) is 0.892. The van der Waals surface area contributed by atoms with Crippen molar-refractivity contribution in [3.8, 4) is 0 Å². The first kappa shape index (κ1) is 16.7. The van der Waals surface area contributed by atoms with Crippen molar-refractivity contribution in [1.82, 2.24) is 14.7 Å². The Balaban J connectivity index is 1.54. The molecule has 3 heterocycles. The third-order valence-corrected chi connectivity index (χ3v) is 6.03. The maximum atomic E-state index is 5.86. The van der Waals surface area contributed by atoms with Gasteiger partial charge in [0.15, 0.2) is 0 Å². The number of hydrogen-bond donors (Lipinski definition) is 0. The average molecular weight is 309 g/mol. The predicted octanol–water partition coefficient (Wildman–Crippen LogP) is 1.90. The first-order chi connectivity index (χ1) is 10.5. The molecule has 128 valence electrons. The molecule has 0 aromatic heterocycles. The number of piperazine rings is 1. The zero-order chi connectivity index (χ0) is 15.7. The van der Waals surface area contributed by atoms with Crippen LogP contribution in [0.5, 0.6) is 0 Å². The molecule has 0 aromatic rings. The van der Waals surface area contributed by atoms with E-state index in [-0.39, 0.29) is 0 Å². The van der Waals surface area contributed by atoms with Gasteiger partial charge in [0, 0.05) is 43.8 Å². The summed E-state index contributed by atoms with van der Waals surface area (Å²) in [6.45, 7) is 17.5. The van der Waals surface area contributed by atoms with Crippen LogP contribution in [0.1, 0.15) is 40.5 Å². The molecule has 3 aliphatic rings. The summed E-state index contributed by atoms with van der Waals surface area (Å²) >= 11 is 0. The van der Waals surface area contributed by atoms with E-state index in [1.807, 2.05) is 0 Å². The number of morpholine rings is 1. The molecule has 0 aromatic carbocycles. The van der Waals surface area contributed by atoms with E-state index in [1.165, 1.54) is 45.6 Å². The Bertz CT molecular complexity index is 338. The highest BCUT2D eigenvalue weighted by Crippen LogP contribution is 2.27. The normalized spacial score (nSPS) is 33.0. The fourth-order valence-corrected chi connectivity index (χ4v) is 4.43. The van der Waals surface area contributed by atoms with Crippen LogP contribution >= 0.6 is 0 Å². The summed E-state index contributed by atoms with van der Waals surface area (Å²) in [5, 5.41) is 0. The van der Waals surface area contributed by atoms with Crippen LogP contribution in [-0.4, -0.2) is 84.8 Å². The van der Waals surface area contributed by atoms with Crippen LogP contribution in [0.3, 0.4) is 0 Å². The number of fused-ring (bicyclic) bond motifs is 2. The molecule has 3 saturated heterocycles. The van der Waals surface area contributed by atoms with Crippen molar-refractivity contribution < 1.29 is 4.74 Å². The summed E-state index contributed by atoms with van der Waals surface area (Å²) in [4.78, 5) is 8.09. The molecule has 4 heteroatoms. The molecule has 0 saturated carbocycles. The fraction of sp³-hybridized carbons (Fsp3) is 1.00. The molecule has 0 N–H and O–H groups in total. The molecular formula is C18H35N3O. The third-order valence-electron chi connectivity index (χ3n) is 6.03. The lowest BCUT2D eigenvalue weighted by atomic mass is 9.92. The number of rotatable bonds is 4. The van der Waals surface area contributed by atoms with Crippen molar-refractivity contribution >= 4 is 0 Å². The quantitative estimate of drug-likeness (QED) is 0.789. The van der Waals surface area contributed by atoms with Crippen LogP contribution in [0.4, 0.5) is 0 Å². The lowest BCUT2D eigenvalue weighted by Gasteiger charge is -2.52. The van der Waals surface area contributed by atoms with E-state index in [4.69, 9.17) is 4.74 Å². The Morgan fingerprint density at radius 3 is 1.91 bits per heavy atom. The number of piperidine rings is 1. The molecule has 3 aliphatic heterocycles. The van der Waals surface area contributed by atoms with E-state index < -0.39 is 0 Å². The van der Waals surface area contributed by atoms with E-state index in [2.05, 4.69) is 42.4 Å². The fourth-order valence-electron chi connectivity index (χ4n) is 4.43. The molecular weight excluding hydrogens is 274 g/mol. The second-order valence-corrected chi connectivity index (χ2v) is 8.16. The standard InChI is InChI=1S/C18H35N3O/c1-14(2)19-7-5-16(6-8-19)9-21-17-10-20(15(3)4)11-18(21)13-22-12-17/h14-18H,5-13H2,1-4H3. The monoisotopic (exact) mass is 309 g/mol. The first-order valence-electron chi connectivity index (χ1n) is 9.36. The van der Waals surface area contributed by atoms with Crippen LogP contribution in [0.15, 0.2) is 0 Å². The van der Waals surface area contributed by atoms with Crippen molar-refractivity contribution in [3.05, 3.63) is 0 Å². The summed E-state index contributed by atoms with van der Waals surface area (Å²) in [6, 6.07) is 2.62. The highest BCUT2D eigenvalue weighted by Gasteiger charge is 2.39. The van der Waals surface area contributed by atoms with Crippen molar-refractivity contribution in [2.75, 3.05) is 45.9 Å². The highest BCUT2D eigenvalue weighted by atomic mass is 16.5. The largest absolute Gasteiger partial charge is 0.378 e. The van der Waals surface area contributed by atoms with Crippen LogP contribution < -0.4 is 0 Å². The minimum atomic E-state index is 0.623. The maximum Gasteiger partial charge on any atom is 0.0635 e. The maximum absolute atomic E-state index is 5.86. The second-order valence-electron chi connectivity index (χ2n) is 8.16. The number of likely N-dealkylation sites (tertiary alicyclic amines) is 1. The van der Waals surface area contributed by atoms with E-state index in [9.17, 15) is 0 Å². The smallest absolute Gasteiger partial charge is 0.0635 e. The van der Waals surface area contributed by atoms with E-state index in [1.54, 1.807) is 0 Å². The van der Waals surface area contributed by atoms with Crippen LogP contribution in [-0.2, 0) is 4.74 Å². The Morgan fingerprint density at radius 1 is 0.864 bits per heavy atom. The highest BCUT2D eigenvalue weighted by molar-refractivity contribution is 4.94. The van der Waals surface area contributed by atoms with Crippen molar-refractivity contribution in [2.24, 2.45) is 5.92 Å². The Morgan fingerprint density at radius 2 is 1.41 bits per heavy atom. The Labute approximate surface area is 136 Å². The Kier molecular flexibility index (Phi) is 5.43. The van der Waals surface area contributed by atoms with Crippen molar-refractivity contribution in [2.45, 2.75) is 64.7 Å². The lowest BCUT2D eigenvalue weighted by molar-refractivity contribution is -0.110. The van der Waals surface area contributed by atoms with Gasteiger partial charge in [-0.3, -0.25) is 9.80 Å². The number of ether oxygens (including phenoxy) is 1. The van der Waals surface area contributed by atoms with Gasteiger partial charge in [0.2, 0.25) is 0 Å². The second kappa shape index (κ2) is 7.16. The average Bonchev–Trinajstić information content (AvgIpc) is 2.47. The number of hydrogen-bond acceptors (Lipinski definition) is 4. The van der Waals surface area contributed by atoms with Gasteiger partial charge in [0.1, 0.15) is 0 Å². The third kappa shape index (κ3) is 3.66. The molecule has 0 spiro atoms. The Hall–Kier alpha value is -0.160. The molecule has 2 atom stereocenters. The van der Waals surface area contributed by atoms with Gasteiger partial charge in [-0.05, 0) is 59.5 Å². The van der Waals surface area contributed by atoms with Crippen molar-refractivity contribution in [1.29, 1.82) is 0 Å². The summed E-state index contributed by atoms with van der Waals surface area (Å²) < 4.78 is 5.86. The summed E-state index contributed by atoms with van der Waals surface area (Å²) in [7, 11) is 0. The molecule has 0 amide bonds. The topological polar surface area (TPSA) is 19.0 Å². The predicted molar refractivity (Wildman–Crippen MR) is 91.2 cm³/mol. The molecule has 3 fully saturated rings. The SMILES string of the molecule is CC(C)N1CCC(CN2C3COCC2CN(C(C)C)C3)CC1. The molecule has 0 aliphatic carbocycles. The van der Waals surface area contributed by atoms with Gasteiger partial charge in [-0.15, -0.1) is 0 Å². The van der Waals surface area contributed by atoms with Crippen LogP contribution in [0, 0.1) is 5.92 Å². The summed E-state index contributed by atoms with van der Waals surface area (Å²) in [5.41, 5.74) is 0. The van der Waals surface area contributed by atoms with Crippen LogP contribution in [0.2, 0.25) is 0 Å². The minimum absolute atomic E-state index is 0.623. The lowest BCUT2D eigenvalue weighted by Crippen LogP contribution is -2.66. The molecule has 2 unspecified atom stereocenters. The molecule has 0 radical (unpaired) electrons. The van der Waals surface area contributed by atoms with Gasteiger partial charge in [0.05, 0.1) is 13.2 Å². The molecule has 4 nitrogen and oxygen atoms in total. The molecule has 22 heavy (non-hydrogen) atoms. The van der Waals surface area contributed by atoms with E-state index in [0.717, 1.165) is 19.1 Å². The van der Waals surface area contributed by atoms with Gasteiger partial charge in [-0.2, -0.15) is 0 Å².